The minimum atomic E-state index is -3.62. The molecule has 4 unspecified atom stereocenters. The Morgan fingerprint density at radius 3 is 2.66 bits per heavy atom. The lowest BCUT2D eigenvalue weighted by molar-refractivity contribution is -0.137. The van der Waals surface area contributed by atoms with Crippen molar-refractivity contribution < 1.29 is 23.1 Å². The summed E-state index contributed by atoms with van der Waals surface area (Å²) in [6.45, 7) is 6.43. The van der Waals surface area contributed by atoms with Crippen LogP contribution in [0.1, 0.15) is 66.9 Å². The predicted octanol–water partition coefficient (Wildman–Crippen LogP) is 5.93. The van der Waals surface area contributed by atoms with Crippen molar-refractivity contribution in [2.45, 2.75) is 74.4 Å². The van der Waals surface area contributed by atoms with Crippen LogP contribution in [0.4, 0.5) is 0 Å². The number of carbonyl (C=O) groups excluding carboxylic acids is 1. The minimum absolute atomic E-state index is 0.0350. The van der Waals surface area contributed by atoms with Crippen LogP contribution in [-0.4, -0.2) is 31.4 Å². The van der Waals surface area contributed by atoms with Crippen molar-refractivity contribution in [2.24, 2.45) is 23.2 Å². The van der Waals surface area contributed by atoms with Crippen LogP contribution in [-0.2, 0) is 14.6 Å². The number of allylic oxidation sites excluding steroid dienone is 2. The Hall–Kier alpha value is -1.97. The van der Waals surface area contributed by atoms with E-state index in [0.717, 1.165) is 41.9 Å². The summed E-state index contributed by atoms with van der Waals surface area (Å²) in [7, 11) is -3.62. The maximum atomic E-state index is 13.2. The first kappa shape index (κ1) is 26.1. The van der Waals surface area contributed by atoms with Gasteiger partial charge in [0.25, 0.3) is 5.91 Å². The van der Waals surface area contributed by atoms with Gasteiger partial charge < -0.3 is 10.4 Å². The molecule has 3 fully saturated rings. The number of aliphatic carboxylic acids is 1. The summed E-state index contributed by atoms with van der Waals surface area (Å²) in [5, 5.41) is 13.7. The first-order valence-corrected chi connectivity index (χ1v) is 15.3. The number of thiophene rings is 2. The van der Waals surface area contributed by atoms with Gasteiger partial charge in [-0.15, -0.1) is 22.7 Å². The molecule has 0 saturated heterocycles. The summed E-state index contributed by atoms with van der Waals surface area (Å²) >= 11 is 2.42. The average molecular weight is 536 g/mol. The zero-order chi connectivity index (χ0) is 25.4. The molecule has 2 aromatic rings. The molecule has 9 heteroatoms. The third-order valence-electron chi connectivity index (χ3n) is 7.83. The summed E-state index contributed by atoms with van der Waals surface area (Å²) < 4.78 is 26.1. The van der Waals surface area contributed by atoms with Crippen molar-refractivity contribution in [3.63, 3.8) is 0 Å². The normalized spacial score (nSPS) is 25.3. The van der Waals surface area contributed by atoms with E-state index in [0.29, 0.717) is 29.1 Å². The molecule has 6 nitrogen and oxygen atoms in total. The number of hydrogen-bond donors (Lipinski definition) is 2. The van der Waals surface area contributed by atoms with Crippen LogP contribution in [0.2, 0.25) is 0 Å². The van der Waals surface area contributed by atoms with Crippen molar-refractivity contribution in [1.82, 2.24) is 5.32 Å². The van der Waals surface area contributed by atoms with E-state index in [4.69, 9.17) is 5.11 Å². The Morgan fingerprint density at radius 2 is 2.00 bits per heavy atom. The predicted molar refractivity (Wildman–Crippen MR) is 139 cm³/mol. The molecular formula is C26H33NO5S3. The van der Waals surface area contributed by atoms with E-state index in [-0.39, 0.29) is 32.9 Å². The summed E-state index contributed by atoms with van der Waals surface area (Å²) in [4.78, 5) is 25.5. The number of amides is 1. The minimum Gasteiger partial charge on any atom is -0.481 e. The molecule has 2 aromatic heterocycles. The third kappa shape index (κ3) is 5.42. The number of hydrogen-bond acceptors (Lipinski definition) is 6. The van der Waals surface area contributed by atoms with Gasteiger partial charge in [0.2, 0.25) is 9.84 Å². The fourth-order valence-electron chi connectivity index (χ4n) is 5.61. The summed E-state index contributed by atoms with van der Waals surface area (Å²) in [5.41, 5.74) is 0.181. The van der Waals surface area contributed by atoms with Gasteiger partial charge in [0.15, 0.2) is 0 Å². The SMILES string of the molecule is Cc1cc(S(=O)(=O)c2ccc(C(=O)NC3C(C/C=C/CCCC(=O)O)CC4CC3C4(C)C)s2)cs1. The van der Waals surface area contributed by atoms with Crippen molar-refractivity contribution in [2.75, 3.05) is 0 Å². The largest absolute Gasteiger partial charge is 0.481 e. The second-order valence-electron chi connectivity index (χ2n) is 10.4. The molecular weight excluding hydrogens is 502 g/mol. The molecule has 5 rings (SSSR count). The van der Waals surface area contributed by atoms with Gasteiger partial charge in [-0.3, -0.25) is 9.59 Å². The molecule has 35 heavy (non-hydrogen) atoms. The van der Waals surface area contributed by atoms with Crippen molar-refractivity contribution in [3.05, 3.63) is 45.5 Å². The highest BCUT2D eigenvalue weighted by molar-refractivity contribution is 7.93. The molecule has 4 atom stereocenters. The average Bonchev–Trinajstić information content (AvgIpc) is 3.46. The Kier molecular flexibility index (Phi) is 7.60. The van der Waals surface area contributed by atoms with Crippen LogP contribution in [0, 0.1) is 30.1 Å². The van der Waals surface area contributed by atoms with Gasteiger partial charge in [-0.2, -0.15) is 0 Å². The first-order valence-electron chi connectivity index (χ1n) is 12.1. The zero-order valence-corrected chi connectivity index (χ0v) is 22.8. The molecule has 3 saturated carbocycles. The lowest BCUT2D eigenvalue weighted by Gasteiger charge is -2.62. The second kappa shape index (κ2) is 10.2. The lowest BCUT2D eigenvalue weighted by Crippen LogP contribution is -2.63. The first-order chi connectivity index (χ1) is 16.5. The fraction of sp³-hybridized carbons (Fsp3) is 0.538. The number of nitrogens with one attached hydrogen (secondary N) is 1. The standard InChI is InChI=1S/C26H33NO5S3/c1-16-12-19(15-33-16)35(31,32)23-11-10-21(34-23)25(30)27-24-17(8-6-4-5-7-9-22(28)29)13-18-14-20(24)26(18,2)3/h4,6,10-12,15,17-18,20,24H,5,7-9,13-14H2,1-3H3,(H,27,30)(H,28,29)/b6-4+. The molecule has 0 aromatic carbocycles. The number of fused-ring (bicyclic) bond motifs is 2. The van der Waals surface area contributed by atoms with E-state index in [2.05, 4.69) is 31.3 Å². The Morgan fingerprint density at radius 1 is 1.23 bits per heavy atom. The van der Waals surface area contributed by atoms with Gasteiger partial charge in [0.1, 0.15) is 4.21 Å². The lowest BCUT2D eigenvalue weighted by atomic mass is 9.44. The van der Waals surface area contributed by atoms with E-state index >= 15 is 0 Å². The summed E-state index contributed by atoms with van der Waals surface area (Å²) in [5.74, 6) is 0.389. The smallest absolute Gasteiger partial charge is 0.303 e. The number of aryl methyl sites for hydroxylation is 1. The summed E-state index contributed by atoms with van der Waals surface area (Å²) in [6, 6.07) is 4.84. The number of carboxylic acid groups (broad SMARTS) is 1. The maximum Gasteiger partial charge on any atom is 0.303 e. The van der Waals surface area contributed by atoms with Crippen molar-refractivity contribution >= 4 is 44.4 Å². The number of carboxylic acids is 1. The molecule has 190 valence electrons. The summed E-state index contributed by atoms with van der Waals surface area (Å²) in [6.07, 6.45) is 8.73. The molecule has 0 radical (unpaired) electrons. The molecule has 3 aliphatic carbocycles. The van der Waals surface area contributed by atoms with Crippen LogP contribution in [0.25, 0.3) is 0 Å². The Labute approximate surface area is 215 Å². The van der Waals surface area contributed by atoms with Gasteiger partial charge in [-0.25, -0.2) is 8.42 Å². The monoisotopic (exact) mass is 535 g/mol. The van der Waals surface area contributed by atoms with Gasteiger partial charge in [-0.1, -0.05) is 26.0 Å². The maximum absolute atomic E-state index is 13.2. The van der Waals surface area contributed by atoms with E-state index in [9.17, 15) is 18.0 Å². The number of rotatable bonds is 10. The molecule has 2 bridgehead atoms. The van der Waals surface area contributed by atoms with Crippen LogP contribution < -0.4 is 5.32 Å². The highest BCUT2D eigenvalue weighted by Crippen LogP contribution is 2.61. The van der Waals surface area contributed by atoms with Gasteiger partial charge in [-0.05, 0) is 80.4 Å². The number of sulfone groups is 1. The quantitative estimate of drug-likeness (QED) is 0.290. The van der Waals surface area contributed by atoms with Gasteiger partial charge in [0, 0.05) is 22.7 Å². The van der Waals surface area contributed by atoms with E-state index < -0.39 is 15.8 Å². The van der Waals surface area contributed by atoms with Crippen LogP contribution in [0.15, 0.2) is 44.8 Å². The molecule has 2 N–H and O–H groups in total. The molecule has 0 aliphatic heterocycles. The molecule has 2 heterocycles. The molecule has 1 amide bonds. The van der Waals surface area contributed by atoms with Crippen LogP contribution in [0.5, 0.6) is 0 Å². The highest BCUT2D eigenvalue weighted by atomic mass is 32.2. The Balaban J connectivity index is 1.44. The van der Waals surface area contributed by atoms with Crippen molar-refractivity contribution in [1.29, 1.82) is 0 Å². The Bertz CT molecular complexity index is 1220. The van der Waals surface area contributed by atoms with Crippen molar-refractivity contribution in [3.8, 4) is 0 Å². The zero-order valence-electron chi connectivity index (χ0n) is 20.3. The number of carbonyl (C=O) groups is 2. The van der Waals surface area contributed by atoms with E-state index in [1.807, 2.05) is 6.92 Å². The highest BCUT2D eigenvalue weighted by Gasteiger charge is 2.57. The second-order valence-corrected chi connectivity index (χ2v) is 14.7. The molecule has 0 spiro atoms. The topological polar surface area (TPSA) is 101 Å². The van der Waals surface area contributed by atoms with Gasteiger partial charge >= 0.3 is 5.97 Å². The van der Waals surface area contributed by atoms with Crippen LogP contribution >= 0.6 is 22.7 Å². The number of unbranched alkanes of at least 4 members (excludes halogenated alkanes) is 1. The molecule has 3 aliphatic rings. The van der Waals surface area contributed by atoms with E-state index in [1.165, 1.54) is 17.4 Å². The third-order valence-corrected chi connectivity index (χ3v) is 12.1. The van der Waals surface area contributed by atoms with Gasteiger partial charge in [0.05, 0.1) is 9.77 Å². The van der Waals surface area contributed by atoms with Crippen LogP contribution in [0.3, 0.4) is 0 Å². The van der Waals surface area contributed by atoms with E-state index in [1.54, 1.807) is 17.5 Å². The fourth-order valence-corrected chi connectivity index (χ4v) is 9.35.